The molecule has 1 heterocycles. The molecule has 0 fully saturated rings. The van der Waals surface area contributed by atoms with Crippen molar-refractivity contribution in [3.8, 4) is 11.1 Å². The molecule has 0 unspecified atom stereocenters. The van der Waals surface area contributed by atoms with Gasteiger partial charge in [0, 0.05) is 33.6 Å². The van der Waals surface area contributed by atoms with E-state index in [1.54, 1.807) is 24.1 Å². The second-order valence-electron chi connectivity index (χ2n) is 6.96. The minimum absolute atomic E-state index is 0.0495. The number of hydrogen-bond acceptors (Lipinski definition) is 4. The average Bonchev–Trinajstić information content (AvgIpc) is 2.92. The van der Waals surface area contributed by atoms with Crippen molar-refractivity contribution in [1.82, 2.24) is 8.87 Å². The molecule has 1 amide bonds. The van der Waals surface area contributed by atoms with Gasteiger partial charge in [0.05, 0.1) is 12.1 Å². The van der Waals surface area contributed by atoms with Crippen molar-refractivity contribution in [1.29, 1.82) is 0 Å². The summed E-state index contributed by atoms with van der Waals surface area (Å²) in [4.78, 5) is 12.8. The first-order valence-corrected chi connectivity index (χ1v) is 10.0. The molecule has 2 aromatic carbocycles. The predicted molar refractivity (Wildman–Crippen MR) is 118 cm³/mol. The highest BCUT2D eigenvalue weighted by atomic mass is 32.2. The fourth-order valence-electron chi connectivity index (χ4n) is 3.46. The summed E-state index contributed by atoms with van der Waals surface area (Å²) in [6, 6.07) is 13.5. The van der Waals surface area contributed by atoms with E-state index in [4.69, 9.17) is 11.5 Å². The molecule has 0 bridgehead atoms. The summed E-state index contributed by atoms with van der Waals surface area (Å²) in [6.07, 6.45) is 1.36. The summed E-state index contributed by atoms with van der Waals surface area (Å²) in [5.74, 6) is -0.832. The summed E-state index contributed by atoms with van der Waals surface area (Å²) in [6.45, 7) is 2.14. The number of primary amides is 1. The number of benzene rings is 2. The van der Waals surface area contributed by atoms with Gasteiger partial charge in [-0.2, -0.15) is 0 Å². The highest BCUT2D eigenvalue weighted by Crippen LogP contribution is 2.37. The summed E-state index contributed by atoms with van der Waals surface area (Å²) in [5, 5.41) is 0.944. The number of carbonyl (C=O) groups excluding carboxylic acids is 1. The molecule has 7 heteroatoms. The van der Waals surface area contributed by atoms with Crippen molar-refractivity contribution in [2.24, 2.45) is 11.5 Å². The minimum Gasteiger partial charge on any atom is -0.366 e. The summed E-state index contributed by atoms with van der Waals surface area (Å²) in [5.41, 5.74) is 15.0. The van der Waals surface area contributed by atoms with Crippen LogP contribution in [0.1, 0.15) is 16.1 Å². The van der Waals surface area contributed by atoms with Crippen molar-refractivity contribution in [2.75, 3.05) is 20.6 Å². The first kappa shape index (κ1) is 21.1. The van der Waals surface area contributed by atoms with Gasteiger partial charge in [-0.25, -0.2) is 4.39 Å². The smallest absolute Gasteiger partial charge is 0.248 e. The maximum atomic E-state index is 14.3. The average molecular weight is 413 g/mol. The second-order valence-corrected chi connectivity index (χ2v) is 8.35. The zero-order chi connectivity index (χ0) is 21.1. The Morgan fingerprint density at radius 3 is 2.66 bits per heavy atom. The fraction of sp³-hybridized carbons (Fsp3) is 0.227. The number of hydrogen-bond donors (Lipinski definition) is 2. The van der Waals surface area contributed by atoms with E-state index < -0.39 is 5.91 Å². The molecule has 0 saturated carbocycles. The molecule has 152 valence electrons. The molecule has 0 radical (unpaired) electrons. The molecule has 5 nitrogen and oxygen atoms in total. The first-order chi connectivity index (χ1) is 13.8. The molecular formula is C22H25FN4OS. The van der Waals surface area contributed by atoms with Crippen LogP contribution >= 0.6 is 11.9 Å². The lowest BCUT2D eigenvalue weighted by atomic mass is 10.0. The van der Waals surface area contributed by atoms with Gasteiger partial charge >= 0.3 is 0 Å². The van der Waals surface area contributed by atoms with Gasteiger partial charge < -0.3 is 16.0 Å². The number of rotatable bonds is 7. The lowest BCUT2D eigenvalue weighted by Crippen LogP contribution is -2.11. The Morgan fingerprint density at radius 2 is 2.00 bits per heavy atom. The van der Waals surface area contributed by atoms with Crippen LogP contribution < -0.4 is 11.5 Å². The summed E-state index contributed by atoms with van der Waals surface area (Å²) < 4.78 is 18.2. The van der Waals surface area contributed by atoms with E-state index in [-0.39, 0.29) is 18.9 Å². The first-order valence-electron chi connectivity index (χ1n) is 9.24. The third kappa shape index (κ3) is 4.53. The van der Waals surface area contributed by atoms with Crippen LogP contribution in [0, 0.1) is 6.92 Å². The van der Waals surface area contributed by atoms with Gasteiger partial charge in [0.25, 0.3) is 0 Å². The molecule has 29 heavy (non-hydrogen) atoms. The Bertz CT molecular complexity index is 1090. The quantitative estimate of drug-likeness (QED) is 0.573. The lowest BCUT2D eigenvalue weighted by Gasteiger charge is -2.11. The second kappa shape index (κ2) is 8.82. The van der Waals surface area contributed by atoms with Crippen LogP contribution in [-0.2, 0) is 6.54 Å². The SMILES string of the molecule is Cc1c(-c2cccc(SN(C)C)c2)c2ccc(C(N)=O)cc2n1C/C(F)=C/CN. The minimum atomic E-state index is -0.513. The molecule has 0 aliphatic carbocycles. The van der Waals surface area contributed by atoms with E-state index in [1.807, 2.05) is 48.1 Å². The van der Waals surface area contributed by atoms with E-state index in [0.717, 1.165) is 32.6 Å². The van der Waals surface area contributed by atoms with E-state index in [9.17, 15) is 9.18 Å². The van der Waals surface area contributed by atoms with E-state index >= 15 is 0 Å². The number of fused-ring (bicyclic) bond motifs is 1. The lowest BCUT2D eigenvalue weighted by molar-refractivity contribution is 0.100. The third-order valence-electron chi connectivity index (χ3n) is 4.67. The largest absolute Gasteiger partial charge is 0.366 e. The topological polar surface area (TPSA) is 77.3 Å². The van der Waals surface area contributed by atoms with Crippen molar-refractivity contribution in [3.05, 3.63) is 65.6 Å². The Balaban J connectivity index is 2.23. The summed E-state index contributed by atoms with van der Waals surface area (Å²) in [7, 11) is 3.98. The van der Waals surface area contributed by atoms with Gasteiger partial charge in [-0.05, 0) is 68.9 Å². The predicted octanol–water partition coefficient (Wildman–Crippen LogP) is 4.10. The molecule has 0 aliphatic rings. The number of allylic oxidation sites excluding steroid dienone is 1. The van der Waals surface area contributed by atoms with Gasteiger partial charge in [-0.3, -0.25) is 9.10 Å². The van der Waals surface area contributed by atoms with Crippen molar-refractivity contribution >= 4 is 28.8 Å². The number of nitrogens with zero attached hydrogens (tertiary/aromatic N) is 2. The van der Waals surface area contributed by atoms with E-state index in [1.165, 1.54) is 6.08 Å². The molecule has 1 aromatic heterocycles. The maximum absolute atomic E-state index is 14.3. The molecule has 0 saturated heterocycles. The van der Waals surface area contributed by atoms with Crippen LogP contribution in [0.5, 0.6) is 0 Å². The van der Waals surface area contributed by atoms with Gasteiger partial charge in [0.2, 0.25) is 5.91 Å². The summed E-state index contributed by atoms with van der Waals surface area (Å²) >= 11 is 1.63. The molecule has 4 N–H and O–H groups in total. The Morgan fingerprint density at radius 1 is 1.24 bits per heavy atom. The van der Waals surface area contributed by atoms with Crippen LogP contribution in [-0.4, -0.2) is 35.4 Å². The van der Waals surface area contributed by atoms with Crippen molar-refractivity contribution in [2.45, 2.75) is 18.4 Å². The number of nitrogens with two attached hydrogens (primary N) is 2. The van der Waals surface area contributed by atoms with Gasteiger partial charge in [0.1, 0.15) is 5.83 Å². The normalized spacial score (nSPS) is 12.1. The van der Waals surface area contributed by atoms with Crippen LogP contribution in [0.2, 0.25) is 0 Å². The van der Waals surface area contributed by atoms with Crippen molar-refractivity contribution in [3.63, 3.8) is 0 Å². The van der Waals surface area contributed by atoms with Gasteiger partial charge in [-0.1, -0.05) is 18.2 Å². The molecular weight excluding hydrogens is 387 g/mol. The van der Waals surface area contributed by atoms with Gasteiger partial charge in [-0.15, -0.1) is 0 Å². The van der Waals surface area contributed by atoms with E-state index in [2.05, 4.69) is 12.1 Å². The Labute approximate surface area is 174 Å². The van der Waals surface area contributed by atoms with Gasteiger partial charge in [0.15, 0.2) is 0 Å². The van der Waals surface area contributed by atoms with Crippen LogP contribution in [0.25, 0.3) is 22.0 Å². The zero-order valence-corrected chi connectivity index (χ0v) is 17.6. The fourth-order valence-corrected chi connectivity index (χ4v) is 4.20. The van der Waals surface area contributed by atoms with Crippen molar-refractivity contribution < 1.29 is 9.18 Å². The highest BCUT2D eigenvalue weighted by molar-refractivity contribution is 7.97. The highest BCUT2D eigenvalue weighted by Gasteiger charge is 2.18. The molecule has 0 spiro atoms. The van der Waals surface area contributed by atoms with Crippen LogP contribution in [0.15, 0.2) is 59.3 Å². The Kier molecular flexibility index (Phi) is 6.42. The number of amides is 1. The molecule has 3 aromatic rings. The zero-order valence-electron chi connectivity index (χ0n) is 16.8. The molecule has 0 atom stereocenters. The third-order valence-corrected chi connectivity index (χ3v) is 5.50. The molecule has 0 aliphatic heterocycles. The number of carbonyl (C=O) groups is 1. The monoisotopic (exact) mass is 412 g/mol. The van der Waals surface area contributed by atoms with Crippen LogP contribution in [0.3, 0.4) is 0 Å². The number of aromatic nitrogens is 1. The number of halogens is 1. The van der Waals surface area contributed by atoms with E-state index in [0.29, 0.717) is 5.56 Å². The maximum Gasteiger partial charge on any atom is 0.248 e. The van der Waals surface area contributed by atoms with Crippen LogP contribution in [0.4, 0.5) is 4.39 Å². The standard InChI is InChI=1S/C22H25FN4OS/c1-14-21(15-5-4-6-18(11-15)29-26(2)3)19-8-7-16(22(25)28)12-20(19)27(14)13-17(23)9-10-24/h4-9,11-12H,10,13,24H2,1-3H3,(H2,25,28)/b17-9-. The Hall–Kier alpha value is -2.61. The molecule has 3 rings (SSSR count).